The number of carbonyl (C=O) groups excluding carboxylic acids is 1. The fraction of sp³-hybridized carbons (Fsp3) is 0.125. The zero-order valence-corrected chi connectivity index (χ0v) is 18.3. The van der Waals surface area contributed by atoms with Crippen molar-refractivity contribution in [3.8, 4) is 0 Å². The molecule has 2 heterocycles. The second kappa shape index (κ2) is 8.13. The van der Waals surface area contributed by atoms with E-state index in [0.29, 0.717) is 10.2 Å². The minimum absolute atomic E-state index is 0.126. The van der Waals surface area contributed by atoms with E-state index in [2.05, 4.69) is 10.3 Å². The Labute approximate surface area is 189 Å². The number of amides is 1. The molecule has 2 unspecified atom stereocenters. The number of benzene rings is 3. The molecular formula is C24H19ClN4OS. The number of carbonyl (C=O) groups is 1. The van der Waals surface area contributed by atoms with E-state index in [-0.39, 0.29) is 11.9 Å². The number of halogens is 1. The molecule has 5 nitrogen and oxygen atoms in total. The number of rotatable bonds is 4. The van der Waals surface area contributed by atoms with Crippen molar-refractivity contribution < 1.29 is 4.79 Å². The van der Waals surface area contributed by atoms with Gasteiger partial charge >= 0.3 is 0 Å². The first-order chi connectivity index (χ1) is 15.1. The Balaban J connectivity index is 1.49. The molecule has 31 heavy (non-hydrogen) atoms. The number of nitrogens with zero attached hydrogens (tertiary/aromatic N) is 3. The normalized spacial score (nSPS) is 18.3. The van der Waals surface area contributed by atoms with Crippen molar-refractivity contribution in [1.29, 1.82) is 0 Å². The maximum atomic E-state index is 13.5. The van der Waals surface area contributed by atoms with Gasteiger partial charge in [0.2, 0.25) is 5.91 Å². The zero-order chi connectivity index (χ0) is 21.4. The van der Waals surface area contributed by atoms with Crippen LogP contribution >= 0.6 is 22.9 Å². The first kappa shape index (κ1) is 19.7. The zero-order valence-electron chi connectivity index (χ0n) is 16.7. The van der Waals surface area contributed by atoms with Crippen LogP contribution in [0, 0.1) is 5.92 Å². The Bertz CT molecular complexity index is 1270. The van der Waals surface area contributed by atoms with Gasteiger partial charge in [0.25, 0.3) is 0 Å². The first-order valence-electron chi connectivity index (χ1n) is 9.91. The van der Waals surface area contributed by atoms with Crippen molar-refractivity contribution in [2.24, 2.45) is 11.0 Å². The molecule has 1 aliphatic heterocycles. The second-order valence-corrected chi connectivity index (χ2v) is 8.84. The first-order valence-corrected chi connectivity index (χ1v) is 11.1. The second-order valence-electron chi connectivity index (χ2n) is 7.38. The highest BCUT2D eigenvalue weighted by molar-refractivity contribution is 7.22. The van der Waals surface area contributed by atoms with Crippen LogP contribution < -0.4 is 10.3 Å². The van der Waals surface area contributed by atoms with E-state index in [9.17, 15) is 4.79 Å². The lowest BCUT2D eigenvalue weighted by Gasteiger charge is -2.27. The fourth-order valence-electron chi connectivity index (χ4n) is 3.92. The minimum Gasteiger partial charge on any atom is -0.301 e. The third-order valence-electron chi connectivity index (χ3n) is 5.32. The van der Waals surface area contributed by atoms with E-state index in [1.54, 1.807) is 6.07 Å². The van der Waals surface area contributed by atoms with E-state index >= 15 is 0 Å². The molecule has 3 aromatic carbocycles. The van der Waals surface area contributed by atoms with Gasteiger partial charge in [-0.25, -0.2) is 4.98 Å². The summed E-state index contributed by atoms with van der Waals surface area (Å²) in [6.07, 6.45) is 0. The van der Waals surface area contributed by atoms with E-state index < -0.39 is 5.92 Å². The lowest BCUT2D eigenvalue weighted by atomic mass is 9.89. The van der Waals surface area contributed by atoms with Crippen LogP contribution in [-0.2, 0) is 4.79 Å². The molecule has 5 rings (SSSR count). The standard InChI is InChI=1S/C24H19ClN4OS/c1-15-21(23(30)27-24-26-19-13-12-17(25)14-20(19)31-24)22(16-8-4-2-5-9-16)29(28-15)18-10-6-3-7-11-18/h2-14,21-22H,1H3,(H,26,27,30). The summed E-state index contributed by atoms with van der Waals surface area (Å²) in [5.74, 6) is -0.572. The third-order valence-corrected chi connectivity index (χ3v) is 6.49. The summed E-state index contributed by atoms with van der Waals surface area (Å²) in [6, 6.07) is 25.2. The highest BCUT2D eigenvalue weighted by atomic mass is 35.5. The Kier molecular flexibility index (Phi) is 5.18. The van der Waals surface area contributed by atoms with Gasteiger partial charge in [-0.2, -0.15) is 5.10 Å². The number of aromatic nitrogens is 1. The number of hydrogen-bond donors (Lipinski definition) is 1. The summed E-state index contributed by atoms with van der Waals surface area (Å²) in [4.78, 5) is 18.0. The number of anilines is 2. The van der Waals surface area contributed by atoms with Crippen LogP contribution in [0.2, 0.25) is 5.02 Å². The van der Waals surface area contributed by atoms with Crippen LogP contribution in [0.1, 0.15) is 18.5 Å². The van der Waals surface area contributed by atoms with Gasteiger partial charge in [-0.3, -0.25) is 9.80 Å². The molecule has 7 heteroatoms. The number of para-hydroxylation sites is 1. The molecule has 0 saturated heterocycles. The molecule has 1 aliphatic rings. The number of thiazole rings is 1. The number of hydrazone groups is 1. The molecule has 0 saturated carbocycles. The molecule has 4 aromatic rings. The monoisotopic (exact) mass is 446 g/mol. The van der Waals surface area contributed by atoms with Crippen LogP contribution in [0.4, 0.5) is 10.8 Å². The average molecular weight is 447 g/mol. The van der Waals surface area contributed by atoms with Crippen molar-refractivity contribution in [2.75, 3.05) is 10.3 Å². The highest BCUT2D eigenvalue weighted by Gasteiger charge is 2.42. The Morgan fingerprint density at radius 2 is 1.74 bits per heavy atom. The third kappa shape index (κ3) is 3.80. The summed E-state index contributed by atoms with van der Waals surface area (Å²) in [5.41, 5.74) is 3.55. The van der Waals surface area contributed by atoms with E-state index in [4.69, 9.17) is 16.7 Å². The van der Waals surface area contributed by atoms with Gasteiger partial charge in [0.15, 0.2) is 5.13 Å². The topological polar surface area (TPSA) is 57.6 Å². The van der Waals surface area contributed by atoms with Gasteiger partial charge in [-0.1, -0.05) is 71.5 Å². The quantitative estimate of drug-likeness (QED) is 0.409. The molecule has 0 aliphatic carbocycles. The van der Waals surface area contributed by atoms with E-state index in [0.717, 1.165) is 27.2 Å². The molecule has 1 N–H and O–H groups in total. The summed E-state index contributed by atoms with van der Waals surface area (Å²) in [6.45, 7) is 1.90. The summed E-state index contributed by atoms with van der Waals surface area (Å²) >= 11 is 7.50. The maximum absolute atomic E-state index is 13.5. The Morgan fingerprint density at radius 1 is 1.03 bits per heavy atom. The molecule has 1 aromatic heterocycles. The van der Waals surface area contributed by atoms with Gasteiger partial charge in [-0.05, 0) is 42.8 Å². The fourth-order valence-corrected chi connectivity index (χ4v) is 5.06. The maximum Gasteiger partial charge on any atom is 0.237 e. The largest absolute Gasteiger partial charge is 0.301 e. The predicted octanol–water partition coefficient (Wildman–Crippen LogP) is 6.14. The van der Waals surface area contributed by atoms with Crippen molar-refractivity contribution in [3.63, 3.8) is 0 Å². The average Bonchev–Trinajstić information content (AvgIpc) is 3.34. The van der Waals surface area contributed by atoms with E-state index in [1.165, 1.54) is 11.3 Å². The summed E-state index contributed by atoms with van der Waals surface area (Å²) in [7, 11) is 0. The van der Waals surface area contributed by atoms with E-state index in [1.807, 2.05) is 84.7 Å². The molecule has 1 amide bonds. The van der Waals surface area contributed by atoms with Crippen LogP contribution in [0.15, 0.2) is 84.0 Å². The summed E-state index contributed by atoms with van der Waals surface area (Å²) < 4.78 is 0.935. The number of fused-ring (bicyclic) bond motifs is 1. The van der Waals surface area contributed by atoms with Crippen molar-refractivity contribution in [3.05, 3.63) is 89.4 Å². The van der Waals surface area contributed by atoms with Gasteiger partial charge in [0.05, 0.1) is 27.7 Å². The van der Waals surface area contributed by atoms with Crippen LogP contribution in [0.3, 0.4) is 0 Å². The molecule has 154 valence electrons. The molecule has 0 fully saturated rings. The van der Waals surface area contributed by atoms with Gasteiger partial charge in [0.1, 0.15) is 5.92 Å². The van der Waals surface area contributed by atoms with Gasteiger partial charge in [-0.15, -0.1) is 0 Å². The Morgan fingerprint density at radius 3 is 2.48 bits per heavy atom. The number of nitrogens with one attached hydrogen (secondary N) is 1. The number of hydrogen-bond acceptors (Lipinski definition) is 5. The van der Waals surface area contributed by atoms with Gasteiger partial charge < -0.3 is 5.32 Å². The van der Waals surface area contributed by atoms with Gasteiger partial charge in [0, 0.05) is 5.02 Å². The van der Waals surface area contributed by atoms with Crippen molar-refractivity contribution in [1.82, 2.24) is 4.98 Å². The van der Waals surface area contributed by atoms with Crippen molar-refractivity contribution >= 4 is 55.6 Å². The molecule has 2 atom stereocenters. The lowest BCUT2D eigenvalue weighted by Crippen LogP contribution is -2.34. The molecule has 0 spiro atoms. The lowest BCUT2D eigenvalue weighted by molar-refractivity contribution is -0.118. The molecule has 0 radical (unpaired) electrons. The highest BCUT2D eigenvalue weighted by Crippen LogP contribution is 2.40. The SMILES string of the molecule is CC1=NN(c2ccccc2)C(c2ccccc2)C1C(=O)Nc1nc2ccc(Cl)cc2s1. The van der Waals surface area contributed by atoms with Crippen LogP contribution in [0.5, 0.6) is 0 Å². The van der Waals surface area contributed by atoms with Crippen LogP contribution in [-0.4, -0.2) is 16.6 Å². The molecule has 0 bridgehead atoms. The van der Waals surface area contributed by atoms with Crippen molar-refractivity contribution in [2.45, 2.75) is 13.0 Å². The smallest absolute Gasteiger partial charge is 0.237 e. The minimum atomic E-state index is -0.446. The van der Waals surface area contributed by atoms with Crippen LogP contribution in [0.25, 0.3) is 10.2 Å². The Hall–Kier alpha value is -3.22. The predicted molar refractivity (Wildman–Crippen MR) is 128 cm³/mol. The molecular weight excluding hydrogens is 428 g/mol. The summed E-state index contributed by atoms with van der Waals surface area (Å²) in [5, 5.41) is 10.9.